The summed E-state index contributed by atoms with van der Waals surface area (Å²) in [6.45, 7) is 1.93. The van der Waals surface area contributed by atoms with E-state index in [1.165, 1.54) is 11.3 Å². The number of anilines is 3. The van der Waals surface area contributed by atoms with Gasteiger partial charge in [-0.15, -0.1) is 11.3 Å². The van der Waals surface area contributed by atoms with Gasteiger partial charge in [-0.1, -0.05) is 18.2 Å². The standard InChI is InChI=1S/C22H16F3N3OS/c1-13-6-11-19(30-13)21(29)27-15-9-7-14(8-10-15)26-18-12-20(22(23,24)25)28-17-5-3-2-4-16(17)18/h2-12H,1H3,(H,26,28)(H,27,29). The molecule has 0 aliphatic rings. The Morgan fingerprint density at radius 3 is 2.33 bits per heavy atom. The molecule has 0 fully saturated rings. The van der Waals surface area contributed by atoms with Gasteiger partial charge in [0, 0.05) is 21.6 Å². The SMILES string of the molecule is Cc1ccc(C(=O)Nc2ccc(Nc3cc(C(F)(F)F)nc4ccccc34)cc2)s1. The summed E-state index contributed by atoms with van der Waals surface area (Å²) in [5.74, 6) is -0.205. The second-order valence-electron chi connectivity index (χ2n) is 6.64. The van der Waals surface area contributed by atoms with E-state index >= 15 is 0 Å². The molecular formula is C22H16F3N3OS. The number of thiophene rings is 1. The Morgan fingerprint density at radius 1 is 0.967 bits per heavy atom. The van der Waals surface area contributed by atoms with Crippen molar-refractivity contribution >= 4 is 45.2 Å². The van der Waals surface area contributed by atoms with Gasteiger partial charge in [0.2, 0.25) is 0 Å². The summed E-state index contributed by atoms with van der Waals surface area (Å²) in [4.78, 5) is 17.6. The first-order valence-corrected chi connectivity index (χ1v) is 9.83. The number of fused-ring (bicyclic) bond motifs is 1. The molecule has 0 spiro atoms. The topological polar surface area (TPSA) is 54.0 Å². The van der Waals surface area contributed by atoms with E-state index in [1.807, 2.05) is 13.0 Å². The van der Waals surface area contributed by atoms with Crippen LogP contribution < -0.4 is 10.6 Å². The summed E-state index contributed by atoms with van der Waals surface area (Å²) in [7, 11) is 0. The van der Waals surface area contributed by atoms with Crippen LogP contribution in [-0.2, 0) is 6.18 Å². The van der Waals surface area contributed by atoms with Gasteiger partial charge in [-0.2, -0.15) is 13.2 Å². The Labute approximate surface area is 174 Å². The lowest BCUT2D eigenvalue weighted by atomic mass is 10.1. The lowest BCUT2D eigenvalue weighted by Gasteiger charge is -2.14. The second kappa shape index (κ2) is 7.79. The zero-order valence-corrected chi connectivity index (χ0v) is 16.6. The number of para-hydroxylation sites is 1. The molecule has 0 atom stereocenters. The zero-order valence-electron chi connectivity index (χ0n) is 15.7. The first-order chi connectivity index (χ1) is 14.3. The van der Waals surface area contributed by atoms with Gasteiger partial charge in [0.15, 0.2) is 0 Å². The van der Waals surface area contributed by atoms with Gasteiger partial charge in [-0.3, -0.25) is 4.79 Å². The van der Waals surface area contributed by atoms with Crippen molar-refractivity contribution in [1.29, 1.82) is 0 Å². The van der Waals surface area contributed by atoms with Gasteiger partial charge >= 0.3 is 6.18 Å². The Bertz CT molecular complexity index is 1220. The highest BCUT2D eigenvalue weighted by atomic mass is 32.1. The third kappa shape index (κ3) is 4.28. The molecule has 152 valence electrons. The predicted octanol–water partition coefficient (Wildman–Crippen LogP) is 6.62. The van der Waals surface area contributed by atoms with Crippen LogP contribution in [0.25, 0.3) is 10.9 Å². The average molecular weight is 427 g/mol. The minimum absolute atomic E-state index is 0.205. The normalized spacial score (nSPS) is 11.5. The van der Waals surface area contributed by atoms with Crippen LogP contribution in [0.2, 0.25) is 0 Å². The first kappa shape index (κ1) is 19.9. The van der Waals surface area contributed by atoms with Crippen molar-refractivity contribution in [3.8, 4) is 0 Å². The van der Waals surface area contributed by atoms with E-state index in [9.17, 15) is 18.0 Å². The van der Waals surface area contributed by atoms with Crippen LogP contribution in [0.4, 0.5) is 30.2 Å². The van der Waals surface area contributed by atoms with Gasteiger partial charge in [0.25, 0.3) is 5.91 Å². The molecule has 1 amide bonds. The molecule has 4 aromatic rings. The molecule has 0 saturated heterocycles. The predicted molar refractivity (Wildman–Crippen MR) is 113 cm³/mol. The number of hydrogen-bond donors (Lipinski definition) is 2. The number of rotatable bonds is 4. The lowest BCUT2D eigenvalue weighted by molar-refractivity contribution is -0.140. The monoisotopic (exact) mass is 427 g/mol. The smallest absolute Gasteiger partial charge is 0.355 e. The van der Waals surface area contributed by atoms with Crippen LogP contribution in [0.15, 0.2) is 66.7 Å². The number of hydrogen-bond acceptors (Lipinski definition) is 4. The zero-order chi connectivity index (χ0) is 21.3. The van der Waals surface area contributed by atoms with Crippen molar-refractivity contribution < 1.29 is 18.0 Å². The van der Waals surface area contributed by atoms with E-state index in [0.29, 0.717) is 27.3 Å². The summed E-state index contributed by atoms with van der Waals surface area (Å²) < 4.78 is 39.7. The highest BCUT2D eigenvalue weighted by Crippen LogP contribution is 2.34. The number of pyridine rings is 1. The van der Waals surface area contributed by atoms with Gasteiger partial charge < -0.3 is 10.6 Å². The van der Waals surface area contributed by atoms with E-state index in [4.69, 9.17) is 0 Å². The van der Waals surface area contributed by atoms with Gasteiger partial charge in [-0.25, -0.2) is 4.98 Å². The number of alkyl halides is 3. The summed E-state index contributed by atoms with van der Waals surface area (Å²) in [5.41, 5.74) is 0.777. The highest BCUT2D eigenvalue weighted by molar-refractivity contribution is 7.14. The van der Waals surface area contributed by atoms with Gasteiger partial charge in [-0.05, 0) is 55.5 Å². The van der Waals surface area contributed by atoms with Crippen LogP contribution in [0.3, 0.4) is 0 Å². The van der Waals surface area contributed by atoms with Crippen LogP contribution >= 0.6 is 11.3 Å². The number of benzene rings is 2. The molecule has 0 radical (unpaired) electrons. The van der Waals surface area contributed by atoms with Gasteiger partial charge in [0.05, 0.1) is 16.1 Å². The van der Waals surface area contributed by atoms with E-state index in [1.54, 1.807) is 54.6 Å². The maximum absolute atomic E-state index is 13.2. The van der Waals surface area contributed by atoms with E-state index in [-0.39, 0.29) is 11.4 Å². The molecule has 4 rings (SSSR count). The highest BCUT2D eigenvalue weighted by Gasteiger charge is 2.33. The Balaban J connectivity index is 1.57. The van der Waals surface area contributed by atoms with E-state index in [2.05, 4.69) is 15.6 Å². The largest absolute Gasteiger partial charge is 0.433 e. The molecule has 0 aliphatic heterocycles. The van der Waals surface area contributed by atoms with Crippen molar-refractivity contribution in [3.63, 3.8) is 0 Å². The number of carbonyl (C=O) groups excluding carboxylic acids is 1. The second-order valence-corrected chi connectivity index (χ2v) is 7.92. The van der Waals surface area contributed by atoms with Crippen LogP contribution in [0.1, 0.15) is 20.2 Å². The van der Waals surface area contributed by atoms with Crippen LogP contribution in [-0.4, -0.2) is 10.9 Å². The van der Waals surface area contributed by atoms with E-state index in [0.717, 1.165) is 10.9 Å². The van der Waals surface area contributed by atoms with Crippen molar-refractivity contribution in [2.45, 2.75) is 13.1 Å². The fraction of sp³-hybridized carbons (Fsp3) is 0.0909. The molecule has 0 saturated carbocycles. The first-order valence-electron chi connectivity index (χ1n) is 9.01. The third-order valence-electron chi connectivity index (χ3n) is 4.39. The third-order valence-corrected chi connectivity index (χ3v) is 5.39. The molecule has 2 N–H and O–H groups in total. The molecule has 0 bridgehead atoms. The molecule has 2 heterocycles. The van der Waals surface area contributed by atoms with Crippen LogP contribution in [0, 0.1) is 6.92 Å². The fourth-order valence-electron chi connectivity index (χ4n) is 2.97. The summed E-state index contributed by atoms with van der Waals surface area (Å²) in [6.07, 6.45) is -4.55. The van der Waals surface area contributed by atoms with Crippen molar-refractivity contribution in [2.75, 3.05) is 10.6 Å². The quantitative estimate of drug-likeness (QED) is 0.385. The lowest BCUT2D eigenvalue weighted by Crippen LogP contribution is -2.10. The Hall–Kier alpha value is -3.39. The fourth-order valence-corrected chi connectivity index (χ4v) is 3.73. The maximum Gasteiger partial charge on any atom is 0.433 e. The van der Waals surface area contributed by atoms with Crippen LogP contribution in [0.5, 0.6) is 0 Å². The molecular weight excluding hydrogens is 411 g/mol. The van der Waals surface area contributed by atoms with Gasteiger partial charge in [0.1, 0.15) is 5.69 Å². The molecule has 0 aliphatic carbocycles. The van der Waals surface area contributed by atoms with Crippen molar-refractivity contribution in [1.82, 2.24) is 4.98 Å². The molecule has 2 aromatic carbocycles. The van der Waals surface area contributed by atoms with E-state index < -0.39 is 11.9 Å². The summed E-state index contributed by atoms with van der Waals surface area (Å²) in [6, 6.07) is 18.0. The number of halogens is 3. The minimum Gasteiger partial charge on any atom is -0.355 e. The van der Waals surface area contributed by atoms with Crippen molar-refractivity contribution in [3.05, 3.63) is 82.2 Å². The number of amides is 1. The number of nitrogens with zero attached hydrogens (tertiary/aromatic N) is 1. The molecule has 4 nitrogen and oxygen atoms in total. The molecule has 2 aromatic heterocycles. The average Bonchev–Trinajstić information content (AvgIpc) is 3.15. The molecule has 0 unspecified atom stereocenters. The Morgan fingerprint density at radius 2 is 1.67 bits per heavy atom. The number of carbonyl (C=O) groups is 1. The Kier molecular flexibility index (Phi) is 5.17. The summed E-state index contributed by atoms with van der Waals surface area (Å²) in [5, 5.41) is 6.41. The molecule has 8 heteroatoms. The number of aromatic nitrogens is 1. The number of nitrogens with one attached hydrogen (secondary N) is 2. The van der Waals surface area contributed by atoms with Crippen molar-refractivity contribution in [2.24, 2.45) is 0 Å². The maximum atomic E-state index is 13.2. The number of aryl methyl sites for hydroxylation is 1. The summed E-state index contributed by atoms with van der Waals surface area (Å²) >= 11 is 1.40. The molecule has 30 heavy (non-hydrogen) atoms. The minimum atomic E-state index is -4.55.